The van der Waals surface area contributed by atoms with E-state index in [2.05, 4.69) is 16.3 Å². The second-order valence-electron chi connectivity index (χ2n) is 4.99. The van der Waals surface area contributed by atoms with Crippen molar-refractivity contribution in [2.24, 2.45) is 0 Å². The van der Waals surface area contributed by atoms with Crippen LogP contribution in [0.5, 0.6) is 0 Å². The van der Waals surface area contributed by atoms with E-state index in [1.165, 1.54) is 4.88 Å². The highest BCUT2D eigenvalue weighted by Gasteiger charge is 2.12. The third-order valence-corrected chi connectivity index (χ3v) is 3.97. The van der Waals surface area contributed by atoms with E-state index in [1.54, 1.807) is 11.3 Å². The minimum absolute atomic E-state index is 0.195. The SMILES string of the molecule is Cc1ccc(C)c(C(=O)CN(C)Cc2cccs2)c1. The Balaban J connectivity index is 2.02. The Labute approximate surface area is 118 Å². The lowest BCUT2D eigenvalue weighted by Crippen LogP contribution is -2.25. The molecule has 100 valence electrons. The first kappa shape index (κ1) is 14.0. The molecule has 19 heavy (non-hydrogen) atoms. The number of hydrogen-bond acceptors (Lipinski definition) is 3. The maximum absolute atomic E-state index is 12.3. The van der Waals surface area contributed by atoms with Crippen LogP contribution in [0.3, 0.4) is 0 Å². The molecule has 3 heteroatoms. The number of Topliss-reactive ketones (excluding diaryl/α,β-unsaturated/α-hetero) is 1. The van der Waals surface area contributed by atoms with Crippen molar-refractivity contribution in [2.75, 3.05) is 13.6 Å². The molecule has 0 spiro atoms. The first-order valence-electron chi connectivity index (χ1n) is 6.37. The number of nitrogens with zero attached hydrogens (tertiary/aromatic N) is 1. The van der Waals surface area contributed by atoms with E-state index in [0.717, 1.165) is 23.2 Å². The van der Waals surface area contributed by atoms with Gasteiger partial charge in [0.05, 0.1) is 6.54 Å². The molecule has 0 aliphatic carbocycles. The first-order chi connectivity index (χ1) is 9.06. The van der Waals surface area contributed by atoms with Crippen LogP contribution in [-0.2, 0) is 6.54 Å². The number of aryl methyl sites for hydroxylation is 2. The third kappa shape index (κ3) is 3.75. The standard InChI is InChI=1S/C16H19NOS/c1-12-6-7-13(2)15(9-12)16(18)11-17(3)10-14-5-4-8-19-14/h4-9H,10-11H2,1-3H3. The first-order valence-corrected chi connectivity index (χ1v) is 7.25. The van der Waals surface area contributed by atoms with Gasteiger partial charge in [-0.3, -0.25) is 9.69 Å². The van der Waals surface area contributed by atoms with Crippen molar-refractivity contribution < 1.29 is 4.79 Å². The van der Waals surface area contributed by atoms with Crippen molar-refractivity contribution in [2.45, 2.75) is 20.4 Å². The molecule has 0 saturated carbocycles. The van der Waals surface area contributed by atoms with Crippen LogP contribution in [0.2, 0.25) is 0 Å². The lowest BCUT2D eigenvalue weighted by molar-refractivity contribution is 0.0943. The van der Waals surface area contributed by atoms with Crippen molar-refractivity contribution in [3.63, 3.8) is 0 Å². The van der Waals surface area contributed by atoms with Gasteiger partial charge >= 0.3 is 0 Å². The highest BCUT2D eigenvalue weighted by molar-refractivity contribution is 7.09. The molecule has 0 radical (unpaired) electrons. The van der Waals surface area contributed by atoms with Crippen LogP contribution < -0.4 is 0 Å². The molecule has 2 nitrogen and oxygen atoms in total. The average molecular weight is 273 g/mol. The Morgan fingerprint density at radius 1 is 1.26 bits per heavy atom. The lowest BCUT2D eigenvalue weighted by atomic mass is 10.0. The summed E-state index contributed by atoms with van der Waals surface area (Å²) in [4.78, 5) is 15.7. The predicted octanol–water partition coefficient (Wildman–Crippen LogP) is 3.68. The number of carbonyl (C=O) groups excluding carboxylic acids is 1. The highest BCUT2D eigenvalue weighted by atomic mass is 32.1. The minimum atomic E-state index is 0.195. The van der Waals surface area contributed by atoms with Crippen LogP contribution in [0.1, 0.15) is 26.4 Å². The zero-order chi connectivity index (χ0) is 13.8. The molecule has 0 unspecified atom stereocenters. The average Bonchev–Trinajstić information content (AvgIpc) is 2.84. The molecule has 0 fully saturated rings. The van der Waals surface area contributed by atoms with E-state index in [-0.39, 0.29) is 5.78 Å². The Bertz CT molecular complexity index is 560. The van der Waals surface area contributed by atoms with E-state index < -0.39 is 0 Å². The fraction of sp³-hybridized carbons (Fsp3) is 0.312. The smallest absolute Gasteiger partial charge is 0.177 e. The van der Waals surface area contributed by atoms with Crippen molar-refractivity contribution in [1.82, 2.24) is 4.90 Å². The summed E-state index contributed by atoms with van der Waals surface area (Å²) in [5, 5.41) is 2.07. The summed E-state index contributed by atoms with van der Waals surface area (Å²) in [5.41, 5.74) is 3.04. The van der Waals surface area contributed by atoms with Gasteiger partial charge in [-0.15, -0.1) is 11.3 Å². The summed E-state index contributed by atoms with van der Waals surface area (Å²) in [5.74, 6) is 0.195. The Kier molecular flexibility index (Phi) is 4.51. The molecule has 1 aromatic carbocycles. The number of benzene rings is 1. The van der Waals surface area contributed by atoms with Crippen molar-refractivity contribution >= 4 is 17.1 Å². The van der Waals surface area contributed by atoms with Gasteiger partial charge in [-0.25, -0.2) is 0 Å². The van der Waals surface area contributed by atoms with Gasteiger partial charge < -0.3 is 0 Å². The third-order valence-electron chi connectivity index (χ3n) is 3.11. The Morgan fingerprint density at radius 2 is 2.05 bits per heavy atom. The molecule has 0 aliphatic rings. The summed E-state index contributed by atoms with van der Waals surface area (Å²) < 4.78 is 0. The van der Waals surface area contributed by atoms with Crippen LogP contribution in [0.4, 0.5) is 0 Å². The van der Waals surface area contributed by atoms with Crippen LogP contribution in [0.15, 0.2) is 35.7 Å². The summed E-state index contributed by atoms with van der Waals surface area (Å²) in [6.07, 6.45) is 0. The van der Waals surface area contributed by atoms with Gasteiger partial charge in [0.25, 0.3) is 0 Å². The number of rotatable bonds is 5. The zero-order valence-electron chi connectivity index (χ0n) is 11.6. The summed E-state index contributed by atoms with van der Waals surface area (Å²) in [6.45, 7) is 5.30. The number of hydrogen-bond donors (Lipinski definition) is 0. The lowest BCUT2D eigenvalue weighted by Gasteiger charge is -2.15. The molecule has 1 heterocycles. The number of thiophene rings is 1. The molecule has 0 N–H and O–H groups in total. The fourth-order valence-corrected chi connectivity index (χ4v) is 2.88. The van der Waals surface area contributed by atoms with Gasteiger partial charge in [0.1, 0.15) is 0 Å². The number of carbonyl (C=O) groups is 1. The van der Waals surface area contributed by atoms with Gasteiger partial charge in [-0.1, -0.05) is 23.8 Å². The van der Waals surface area contributed by atoms with Crippen LogP contribution >= 0.6 is 11.3 Å². The normalized spacial score (nSPS) is 10.9. The van der Waals surface area contributed by atoms with Crippen LogP contribution in [0, 0.1) is 13.8 Å². The van der Waals surface area contributed by atoms with Crippen molar-refractivity contribution in [1.29, 1.82) is 0 Å². The predicted molar refractivity (Wildman–Crippen MR) is 80.9 cm³/mol. The molecule has 2 rings (SSSR count). The van der Waals surface area contributed by atoms with E-state index in [9.17, 15) is 4.79 Å². The fourth-order valence-electron chi connectivity index (χ4n) is 2.09. The largest absolute Gasteiger partial charge is 0.294 e. The van der Waals surface area contributed by atoms with E-state index >= 15 is 0 Å². The summed E-state index contributed by atoms with van der Waals surface area (Å²) >= 11 is 1.73. The molecule has 0 aliphatic heterocycles. The van der Waals surface area contributed by atoms with Gasteiger partial charge in [0.15, 0.2) is 5.78 Å². The van der Waals surface area contributed by atoms with Gasteiger partial charge in [-0.2, -0.15) is 0 Å². The zero-order valence-corrected chi connectivity index (χ0v) is 12.5. The van der Waals surface area contributed by atoms with Crippen molar-refractivity contribution in [3.8, 4) is 0 Å². The minimum Gasteiger partial charge on any atom is -0.294 e. The van der Waals surface area contributed by atoms with Crippen LogP contribution in [0.25, 0.3) is 0 Å². The molecule has 0 bridgehead atoms. The van der Waals surface area contributed by atoms with Gasteiger partial charge in [0.2, 0.25) is 0 Å². The molecular weight excluding hydrogens is 254 g/mol. The Hall–Kier alpha value is -1.45. The topological polar surface area (TPSA) is 20.3 Å². The van der Waals surface area contributed by atoms with Gasteiger partial charge in [-0.05, 0) is 44.0 Å². The quantitative estimate of drug-likeness (QED) is 0.775. The summed E-state index contributed by atoms with van der Waals surface area (Å²) in [7, 11) is 1.99. The molecule has 0 amide bonds. The van der Waals surface area contributed by atoms with Gasteiger partial charge in [0, 0.05) is 17.0 Å². The highest BCUT2D eigenvalue weighted by Crippen LogP contribution is 2.14. The van der Waals surface area contributed by atoms with E-state index in [0.29, 0.717) is 6.54 Å². The maximum atomic E-state index is 12.3. The maximum Gasteiger partial charge on any atom is 0.177 e. The molecular formula is C16H19NOS. The molecule has 2 aromatic rings. The van der Waals surface area contributed by atoms with E-state index in [1.807, 2.05) is 45.2 Å². The molecule has 0 saturated heterocycles. The number of likely N-dealkylation sites (N-methyl/N-ethyl adjacent to an activating group) is 1. The van der Waals surface area contributed by atoms with Crippen molar-refractivity contribution in [3.05, 3.63) is 57.3 Å². The molecule has 1 aromatic heterocycles. The summed E-state index contributed by atoms with van der Waals surface area (Å²) in [6, 6.07) is 10.2. The monoisotopic (exact) mass is 273 g/mol. The second kappa shape index (κ2) is 6.13. The Morgan fingerprint density at radius 3 is 2.74 bits per heavy atom. The molecule has 0 atom stereocenters. The van der Waals surface area contributed by atoms with Crippen LogP contribution in [-0.4, -0.2) is 24.3 Å². The van der Waals surface area contributed by atoms with E-state index in [4.69, 9.17) is 0 Å². The number of ketones is 1. The second-order valence-corrected chi connectivity index (χ2v) is 6.03.